The van der Waals surface area contributed by atoms with Crippen LogP contribution in [0.25, 0.3) is 0 Å². The first-order chi connectivity index (χ1) is 10.2. The Kier molecular flexibility index (Phi) is 4.66. The zero-order chi connectivity index (χ0) is 14.7. The highest BCUT2D eigenvalue weighted by Crippen LogP contribution is 2.22. The number of benzene rings is 1. The van der Waals surface area contributed by atoms with Gasteiger partial charge in [0.05, 0.1) is 15.1 Å². The molecular weight excluding hydrogens is 346 g/mol. The maximum atomic E-state index is 12.3. The predicted molar refractivity (Wildman–Crippen MR) is 90.7 cm³/mol. The van der Waals surface area contributed by atoms with E-state index in [1.807, 2.05) is 18.2 Å². The van der Waals surface area contributed by atoms with Gasteiger partial charge in [-0.1, -0.05) is 30.3 Å². The topological polar surface area (TPSA) is 20.1 Å². The first-order valence-electron chi connectivity index (χ1n) is 7.14. The molecule has 0 amide bonds. The lowest BCUT2D eigenvalue weighted by Crippen LogP contribution is -2.24. The molecule has 2 aromatic rings. The van der Waals surface area contributed by atoms with Gasteiger partial charge in [0.25, 0.3) is 0 Å². The molecule has 0 radical (unpaired) electrons. The average Bonchev–Trinajstić information content (AvgIpc) is 3.10. The summed E-state index contributed by atoms with van der Waals surface area (Å²) in [6, 6.07) is 14.3. The number of hydrogen-bond acceptors (Lipinski definition) is 2. The molecule has 1 aliphatic rings. The molecule has 2 heterocycles. The standard InChI is InChI=1S/C17H17BrNOS/c18-17-9-8-16(21-17)15(20)12-19-10-4-7-14(19)11-13-5-2-1-3-6-13/h1-3,5-6,8-9H,4,7,10-12H2/q+1. The SMILES string of the molecule is O=C(C[N+]1=C(Cc2ccccc2)CCC1)c1ccc(Br)s1. The summed E-state index contributed by atoms with van der Waals surface area (Å²) in [4.78, 5) is 13.2. The highest BCUT2D eigenvalue weighted by molar-refractivity contribution is 9.11. The van der Waals surface area contributed by atoms with Gasteiger partial charge in [-0.05, 0) is 33.6 Å². The summed E-state index contributed by atoms with van der Waals surface area (Å²) < 4.78 is 3.28. The summed E-state index contributed by atoms with van der Waals surface area (Å²) in [5, 5.41) is 0. The first kappa shape index (κ1) is 14.7. The van der Waals surface area contributed by atoms with Crippen LogP contribution in [-0.4, -0.2) is 29.2 Å². The van der Waals surface area contributed by atoms with E-state index in [2.05, 4.69) is 44.8 Å². The highest BCUT2D eigenvalue weighted by Gasteiger charge is 2.25. The monoisotopic (exact) mass is 362 g/mol. The lowest BCUT2D eigenvalue weighted by molar-refractivity contribution is -0.507. The van der Waals surface area contributed by atoms with Gasteiger partial charge >= 0.3 is 0 Å². The molecule has 1 aromatic heterocycles. The normalized spacial score (nSPS) is 14.7. The minimum Gasteiger partial charge on any atom is -0.286 e. The number of carbonyl (C=O) groups excluding carboxylic acids is 1. The number of rotatable bonds is 5. The average molecular weight is 363 g/mol. The summed E-state index contributed by atoms with van der Waals surface area (Å²) in [5.74, 6) is 0.221. The molecule has 0 saturated carbocycles. The van der Waals surface area contributed by atoms with Crippen LogP contribution in [0.3, 0.4) is 0 Å². The third kappa shape index (κ3) is 3.69. The van der Waals surface area contributed by atoms with Crippen molar-refractivity contribution >= 4 is 38.8 Å². The van der Waals surface area contributed by atoms with E-state index in [9.17, 15) is 4.79 Å². The Labute approximate surface area is 137 Å². The largest absolute Gasteiger partial charge is 0.286 e. The summed E-state index contributed by atoms with van der Waals surface area (Å²) >= 11 is 4.93. The molecule has 21 heavy (non-hydrogen) atoms. The molecule has 0 aliphatic carbocycles. The quantitative estimate of drug-likeness (QED) is 0.576. The molecule has 0 N–H and O–H groups in total. The second-order valence-corrected chi connectivity index (χ2v) is 7.74. The summed E-state index contributed by atoms with van der Waals surface area (Å²) in [6.45, 7) is 1.51. The number of hydrogen-bond donors (Lipinski definition) is 0. The third-order valence-electron chi connectivity index (χ3n) is 3.77. The van der Waals surface area contributed by atoms with Crippen molar-refractivity contribution in [2.24, 2.45) is 0 Å². The third-order valence-corrected chi connectivity index (χ3v) is 5.44. The zero-order valence-electron chi connectivity index (χ0n) is 11.7. The van der Waals surface area contributed by atoms with E-state index in [0.717, 1.165) is 34.5 Å². The van der Waals surface area contributed by atoms with Crippen LogP contribution in [0.1, 0.15) is 28.1 Å². The number of ketones is 1. The lowest BCUT2D eigenvalue weighted by atomic mass is 10.1. The first-order valence-corrected chi connectivity index (χ1v) is 8.75. The molecule has 1 aliphatic heterocycles. The van der Waals surface area contributed by atoms with Crippen LogP contribution in [0.15, 0.2) is 46.3 Å². The van der Waals surface area contributed by atoms with E-state index in [0.29, 0.717) is 6.54 Å². The van der Waals surface area contributed by atoms with Crippen LogP contribution in [-0.2, 0) is 6.42 Å². The second-order valence-electron chi connectivity index (χ2n) is 5.28. The van der Waals surface area contributed by atoms with Crippen molar-refractivity contribution in [3.05, 3.63) is 56.7 Å². The molecular formula is C17H17BrNOS+. The van der Waals surface area contributed by atoms with Gasteiger partial charge in [-0.25, -0.2) is 4.58 Å². The molecule has 2 nitrogen and oxygen atoms in total. The van der Waals surface area contributed by atoms with Gasteiger partial charge in [0.15, 0.2) is 5.71 Å². The Balaban J connectivity index is 1.73. The highest BCUT2D eigenvalue weighted by atomic mass is 79.9. The Morgan fingerprint density at radius 3 is 2.71 bits per heavy atom. The van der Waals surface area contributed by atoms with E-state index in [1.54, 1.807) is 0 Å². The van der Waals surface area contributed by atoms with Gasteiger partial charge in [-0.15, -0.1) is 11.3 Å². The van der Waals surface area contributed by atoms with Gasteiger partial charge in [-0.3, -0.25) is 4.79 Å². The molecule has 0 spiro atoms. The number of carbonyl (C=O) groups is 1. The molecule has 0 saturated heterocycles. The number of halogens is 1. The van der Waals surface area contributed by atoms with Crippen molar-refractivity contribution < 1.29 is 9.37 Å². The molecule has 0 bridgehead atoms. The van der Waals surface area contributed by atoms with E-state index < -0.39 is 0 Å². The Morgan fingerprint density at radius 2 is 2.00 bits per heavy atom. The van der Waals surface area contributed by atoms with Crippen molar-refractivity contribution in [2.75, 3.05) is 13.1 Å². The van der Waals surface area contributed by atoms with Gasteiger partial charge in [0.2, 0.25) is 12.3 Å². The molecule has 4 heteroatoms. The maximum Gasteiger partial charge on any atom is 0.236 e. The maximum absolute atomic E-state index is 12.3. The van der Waals surface area contributed by atoms with Crippen LogP contribution in [0, 0.1) is 0 Å². The van der Waals surface area contributed by atoms with Crippen molar-refractivity contribution in [2.45, 2.75) is 19.3 Å². The van der Waals surface area contributed by atoms with E-state index in [-0.39, 0.29) is 5.78 Å². The predicted octanol–water partition coefficient (Wildman–Crippen LogP) is 4.18. The van der Waals surface area contributed by atoms with Crippen molar-refractivity contribution in [3.8, 4) is 0 Å². The second kappa shape index (κ2) is 6.67. The van der Waals surface area contributed by atoms with Gasteiger partial charge in [0.1, 0.15) is 6.54 Å². The van der Waals surface area contributed by atoms with Crippen molar-refractivity contribution in [1.29, 1.82) is 0 Å². The van der Waals surface area contributed by atoms with Gasteiger partial charge in [-0.2, -0.15) is 0 Å². The Bertz CT molecular complexity index is 675. The fourth-order valence-electron chi connectivity index (χ4n) is 2.73. The lowest BCUT2D eigenvalue weighted by Gasteiger charge is -2.02. The van der Waals surface area contributed by atoms with Gasteiger partial charge < -0.3 is 0 Å². The molecule has 0 fully saturated rings. The number of nitrogens with zero attached hydrogens (tertiary/aromatic N) is 1. The minimum absolute atomic E-state index is 0.221. The van der Waals surface area contributed by atoms with E-state index >= 15 is 0 Å². The van der Waals surface area contributed by atoms with Crippen molar-refractivity contribution in [1.82, 2.24) is 0 Å². The van der Waals surface area contributed by atoms with Crippen LogP contribution < -0.4 is 0 Å². The molecule has 0 atom stereocenters. The van der Waals surface area contributed by atoms with Crippen molar-refractivity contribution in [3.63, 3.8) is 0 Å². The molecule has 108 valence electrons. The van der Waals surface area contributed by atoms with Crippen LogP contribution in [0.4, 0.5) is 0 Å². The summed E-state index contributed by atoms with van der Waals surface area (Å²) in [7, 11) is 0. The summed E-state index contributed by atoms with van der Waals surface area (Å²) in [6.07, 6.45) is 3.22. The van der Waals surface area contributed by atoms with Crippen LogP contribution >= 0.6 is 27.3 Å². The Morgan fingerprint density at radius 1 is 1.19 bits per heavy atom. The molecule has 0 unspecified atom stereocenters. The van der Waals surface area contributed by atoms with E-state index in [4.69, 9.17) is 0 Å². The minimum atomic E-state index is 0.221. The van der Waals surface area contributed by atoms with Gasteiger partial charge in [0, 0.05) is 12.8 Å². The molecule has 3 rings (SSSR count). The fourth-order valence-corrected chi connectivity index (χ4v) is 4.04. The van der Waals surface area contributed by atoms with E-state index in [1.165, 1.54) is 22.6 Å². The number of Topliss-reactive ketones (excluding diaryl/α,β-unsaturated/α-hetero) is 1. The Hall–Kier alpha value is -1.26. The van der Waals surface area contributed by atoms with Crippen LogP contribution in [0.5, 0.6) is 0 Å². The fraction of sp³-hybridized carbons (Fsp3) is 0.294. The smallest absolute Gasteiger partial charge is 0.236 e. The van der Waals surface area contributed by atoms with Crippen LogP contribution in [0.2, 0.25) is 0 Å². The molecule has 1 aromatic carbocycles. The zero-order valence-corrected chi connectivity index (χ0v) is 14.1. The summed E-state index contributed by atoms with van der Waals surface area (Å²) in [5.41, 5.74) is 2.72. The number of thiophene rings is 1.